The van der Waals surface area contributed by atoms with Gasteiger partial charge in [0.15, 0.2) is 0 Å². The van der Waals surface area contributed by atoms with Crippen molar-refractivity contribution in [2.75, 3.05) is 34.4 Å². The van der Waals surface area contributed by atoms with Crippen LogP contribution in [0.4, 0.5) is 34.1 Å². The molecule has 0 bridgehead atoms. The van der Waals surface area contributed by atoms with Gasteiger partial charge in [-0.3, -0.25) is 0 Å². The summed E-state index contributed by atoms with van der Waals surface area (Å²) in [6.07, 6.45) is 0. The zero-order valence-corrected chi connectivity index (χ0v) is 39.3. The Bertz CT molecular complexity index is 2740. The first-order chi connectivity index (χ1) is 30.7. The van der Waals surface area contributed by atoms with Gasteiger partial charge in [0.05, 0.1) is 10.0 Å². The smallest absolute Gasteiger partial charge is 0.0623 e. The summed E-state index contributed by atoms with van der Waals surface area (Å²) in [4.78, 5) is 4.13. The van der Waals surface area contributed by atoms with E-state index in [1.165, 1.54) is 11.1 Å². The van der Waals surface area contributed by atoms with Crippen molar-refractivity contribution < 1.29 is 0 Å². The monoisotopic (exact) mass is 918 g/mol. The first-order valence-electron chi connectivity index (χ1n) is 20.9. The maximum absolute atomic E-state index is 6.75. The van der Waals surface area contributed by atoms with E-state index in [4.69, 9.17) is 57.6 Å². The third-order valence-electron chi connectivity index (χ3n) is 10.9. The Balaban J connectivity index is 0.000000195. The van der Waals surface area contributed by atoms with E-state index in [0.717, 1.165) is 75.5 Å². The van der Waals surface area contributed by atoms with Gasteiger partial charge in [-0.2, -0.15) is 0 Å². The SMILES string of the molecule is CC(C)c1ccc(Sc2ccc(C(C)C)cc2-c2ccc(N)cc2N)c(-c2ccc(N)cc2N)c1.Nc1ccc(-c2cccc(Sc3cccc(-c4ccc(N)cc4)c3Cl)c2Cl)cc1. The van der Waals surface area contributed by atoms with Crippen molar-refractivity contribution in [3.05, 3.63) is 179 Å². The molecule has 0 aliphatic carbocycles. The number of hydrogen-bond acceptors (Lipinski definition) is 8. The molecule has 0 aromatic heterocycles. The summed E-state index contributed by atoms with van der Waals surface area (Å²) in [5, 5.41) is 1.38. The highest BCUT2D eigenvalue weighted by molar-refractivity contribution is 8.00. The topological polar surface area (TPSA) is 156 Å². The van der Waals surface area contributed by atoms with Crippen molar-refractivity contribution in [3.8, 4) is 44.5 Å². The Morgan fingerprint density at radius 2 is 0.703 bits per heavy atom. The van der Waals surface area contributed by atoms with Crippen LogP contribution in [0, 0.1) is 0 Å². The molecule has 0 saturated heterocycles. The number of halogens is 2. The van der Waals surface area contributed by atoms with Crippen LogP contribution < -0.4 is 34.4 Å². The average molecular weight is 920 g/mol. The molecular formula is C54H52Cl2N6S2. The number of nitrogens with two attached hydrogens (primary N) is 6. The van der Waals surface area contributed by atoms with Gasteiger partial charge in [-0.15, -0.1) is 0 Å². The molecule has 8 aromatic carbocycles. The Morgan fingerprint density at radius 3 is 1.06 bits per heavy atom. The van der Waals surface area contributed by atoms with Gasteiger partial charge in [-0.25, -0.2) is 0 Å². The molecule has 324 valence electrons. The summed E-state index contributed by atoms with van der Waals surface area (Å²) in [5.74, 6) is 0.802. The second-order valence-electron chi connectivity index (χ2n) is 16.2. The summed E-state index contributed by atoms with van der Waals surface area (Å²) in [6.45, 7) is 8.80. The average Bonchev–Trinajstić information content (AvgIpc) is 3.26. The minimum atomic E-state index is 0.401. The minimum Gasteiger partial charge on any atom is -0.399 e. The normalized spacial score (nSPS) is 11.1. The van der Waals surface area contributed by atoms with Crippen LogP contribution in [0.25, 0.3) is 44.5 Å². The standard InChI is InChI=1S/C30H34N4S.C24H18Cl2N2S/c1-17(2)19-5-11-29(25(13-19)23-9-7-21(31)15-27(23)33)35-30-12-6-20(18(3)4)14-26(30)24-10-8-22(32)16-28(24)34;25-23-19(15-7-11-17(27)12-8-15)3-1-5-21(23)29-22-6-2-4-20(24(22)26)16-9-13-18(28)14-10-16/h5-18H,31-34H2,1-4H3;1-14H,27-28H2. The van der Waals surface area contributed by atoms with Crippen molar-refractivity contribution in [3.63, 3.8) is 0 Å². The van der Waals surface area contributed by atoms with E-state index in [1.54, 1.807) is 23.5 Å². The van der Waals surface area contributed by atoms with Crippen LogP contribution in [-0.2, 0) is 0 Å². The molecule has 0 atom stereocenters. The van der Waals surface area contributed by atoms with E-state index < -0.39 is 0 Å². The highest BCUT2D eigenvalue weighted by Crippen LogP contribution is 2.46. The Labute approximate surface area is 395 Å². The Morgan fingerprint density at radius 1 is 0.344 bits per heavy atom. The Hall–Kier alpha value is -6.16. The predicted molar refractivity (Wildman–Crippen MR) is 280 cm³/mol. The lowest BCUT2D eigenvalue weighted by Crippen LogP contribution is -1.98. The maximum atomic E-state index is 6.75. The molecule has 6 nitrogen and oxygen atoms in total. The lowest BCUT2D eigenvalue weighted by Gasteiger charge is -2.19. The molecule has 0 saturated carbocycles. The number of benzene rings is 8. The van der Waals surface area contributed by atoms with E-state index in [9.17, 15) is 0 Å². The second kappa shape index (κ2) is 20.1. The second-order valence-corrected chi connectivity index (χ2v) is 19.1. The fourth-order valence-corrected chi connectivity index (χ4v) is 9.95. The van der Waals surface area contributed by atoms with Gasteiger partial charge in [0.25, 0.3) is 0 Å². The molecule has 0 heterocycles. The number of nitrogen functional groups attached to an aromatic ring is 6. The van der Waals surface area contributed by atoms with Crippen molar-refractivity contribution >= 4 is 80.8 Å². The third kappa shape index (κ3) is 10.6. The fourth-order valence-electron chi connectivity index (χ4n) is 7.25. The summed E-state index contributed by atoms with van der Waals surface area (Å²) in [7, 11) is 0. The lowest BCUT2D eigenvalue weighted by molar-refractivity contribution is 0.865. The molecule has 0 spiro atoms. The van der Waals surface area contributed by atoms with Gasteiger partial charge in [-0.05, 0) is 130 Å². The molecule has 0 unspecified atom stereocenters. The molecule has 8 rings (SSSR count). The van der Waals surface area contributed by atoms with E-state index >= 15 is 0 Å². The molecule has 0 radical (unpaired) electrons. The Kier molecular flexibility index (Phi) is 14.4. The summed E-state index contributed by atoms with van der Waals surface area (Å²) >= 11 is 16.8. The molecule has 0 fully saturated rings. The number of anilines is 6. The predicted octanol–water partition coefficient (Wildman–Crippen LogP) is 15.4. The highest BCUT2D eigenvalue weighted by Gasteiger charge is 2.18. The largest absolute Gasteiger partial charge is 0.399 e. The van der Waals surface area contributed by atoms with Crippen LogP contribution in [0.2, 0.25) is 10.0 Å². The minimum absolute atomic E-state index is 0.401. The summed E-state index contributed by atoms with van der Waals surface area (Å²) in [6, 6.07) is 52.1. The quantitative estimate of drug-likeness (QED) is 0.0741. The maximum Gasteiger partial charge on any atom is 0.0623 e. The van der Waals surface area contributed by atoms with Crippen LogP contribution in [0.15, 0.2) is 177 Å². The summed E-state index contributed by atoms with van der Waals surface area (Å²) in [5.41, 5.74) is 51.2. The number of rotatable bonds is 10. The van der Waals surface area contributed by atoms with Gasteiger partial charge in [0.2, 0.25) is 0 Å². The van der Waals surface area contributed by atoms with Gasteiger partial charge in [0.1, 0.15) is 0 Å². The molecule has 12 N–H and O–H groups in total. The van der Waals surface area contributed by atoms with Crippen molar-refractivity contribution in [2.24, 2.45) is 0 Å². The van der Waals surface area contributed by atoms with Gasteiger partial charge < -0.3 is 34.4 Å². The fraction of sp³-hybridized carbons (Fsp3) is 0.111. The van der Waals surface area contributed by atoms with Gasteiger partial charge in [-0.1, -0.05) is 147 Å². The zero-order valence-electron chi connectivity index (χ0n) is 36.2. The molecule has 0 amide bonds. The van der Waals surface area contributed by atoms with Crippen LogP contribution in [0.3, 0.4) is 0 Å². The van der Waals surface area contributed by atoms with Crippen molar-refractivity contribution in [2.45, 2.75) is 59.1 Å². The van der Waals surface area contributed by atoms with Crippen LogP contribution >= 0.6 is 46.7 Å². The zero-order chi connectivity index (χ0) is 45.7. The van der Waals surface area contributed by atoms with Crippen molar-refractivity contribution in [1.82, 2.24) is 0 Å². The summed E-state index contributed by atoms with van der Waals surface area (Å²) < 4.78 is 0. The van der Waals surface area contributed by atoms with Gasteiger partial charge >= 0.3 is 0 Å². The number of hydrogen-bond donors (Lipinski definition) is 6. The molecule has 10 heteroatoms. The highest BCUT2D eigenvalue weighted by atomic mass is 35.5. The van der Waals surface area contributed by atoms with Crippen LogP contribution in [0.5, 0.6) is 0 Å². The van der Waals surface area contributed by atoms with E-state index in [1.807, 2.05) is 121 Å². The van der Waals surface area contributed by atoms with Crippen molar-refractivity contribution in [1.29, 1.82) is 0 Å². The van der Waals surface area contributed by atoms with E-state index in [0.29, 0.717) is 44.6 Å². The molecule has 0 aliphatic rings. The molecule has 0 aliphatic heterocycles. The van der Waals surface area contributed by atoms with Gasteiger partial charge in [0, 0.05) is 76.0 Å². The molecular weight excluding hydrogens is 868 g/mol. The van der Waals surface area contributed by atoms with Crippen LogP contribution in [-0.4, -0.2) is 0 Å². The van der Waals surface area contributed by atoms with E-state index in [-0.39, 0.29) is 0 Å². The first-order valence-corrected chi connectivity index (χ1v) is 23.3. The van der Waals surface area contributed by atoms with Crippen LogP contribution in [0.1, 0.15) is 50.7 Å². The lowest BCUT2D eigenvalue weighted by atomic mass is 9.96. The third-order valence-corrected chi connectivity index (χ3v) is 14.2. The first kappa shape index (κ1) is 45.9. The molecule has 64 heavy (non-hydrogen) atoms. The molecule has 8 aromatic rings. The van der Waals surface area contributed by atoms with E-state index in [2.05, 4.69) is 64.1 Å².